The molecule has 4 heteroatoms. The predicted octanol–water partition coefficient (Wildman–Crippen LogP) is 3.38. The van der Waals surface area contributed by atoms with E-state index >= 15 is 0 Å². The summed E-state index contributed by atoms with van der Waals surface area (Å²) in [6.07, 6.45) is 0. The molecule has 2 aromatic rings. The number of hydrogen-bond acceptors (Lipinski definition) is 3. The van der Waals surface area contributed by atoms with Gasteiger partial charge in [-0.2, -0.15) is 5.26 Å². The third-order valence-electron chi connectivity index (χ3n) is 3.12. The van der Waals surface area contributed by atoms with E-state index in [2.05, 4.69) is 35.7 Å². The van der Waals surface area contributed by atoms with Gasteiger partial charge in [-0.25, -0.2) is 0 Å². The molecule has 2 rings (SSSR count). The fraction of sp³-hybridized carbons (Fsp3) is 0.235. The highest BCUT2D eigenvalue weighted by Gasteiger charge is 2.03. The fourth-order valence-electron chi connectivity index (χ4n) is 2.04. The van der Waals surface area contributed by atoms with Crippen LogP contribution in [0.3, 0.4) is 0 Å². The van der Waals surface area contributed by atoms with Crippen LogP contribution in [-0.2, 0) is 11.3 Å². The Hall–Kier alpha value is -1.86. The lowest BCUT2D eigenvalue weighted by atomic mass is 9.99. The zero-order valence-corrected chi connectivity index (χ0v) is 12.8. The number of hydrogen-bond donors (Lipinski definition) is 1. The molecule has 0 spiro atoms. The van der Waals surface area contributed by atoms with Crippen LogP contribution in [0, 0.1) is 11.3 Å². The molecule has 3 nitrogen and oxygen atoms in total. The molecule has 1 N–H and O–H groups in total. The van der Waals surface area contributed by atoms with Gasteiger partial charge < -0.3 is 10.1 Å². The first-order chi connectivity index (χ1) is 9.85. The molecule has 21 heavy (non-hydrogen) atoms. The van der Waals surface area contributed by atoms with Crippen LogP contribution >= 0.6 is 12.4 Å². The first kappa shape index (κ1) is 17.2. The van der Waals surface area contributed by atoms with Gasteiger partial charge in [0.1, 0.15) is 0 Å². The Morgan fingerprint density at radius 2 is 1.81 bits per heavy atom. The van der Waals surface area contributed by atoms with Crippen LogP contribution in [0.25, 0.3) is 11.1 Å². The predicted molar refractivity (Wildman–Crippen MR) is 87.4 cm³/mol. The average molecular weight is 303 g/mol. The van der Waals surface area contributed by atoms with Crippen LogP contribution in [0.5, 0.6) is 0 Å². The van der Waals surface area contributed by atoms with E-state index in [1.54, 1.807) is 7.11 Å². The summed E-state index contributed by atoms with van der Waals surface area (Å²) in [4.78, 5) is 0. The second-order valence-corrected chi connectivity index (χ2v) is 4.52. The minimum atomic E-state index is 0. The Balaban J connectivity index is 0.00000220. The third-order valence-corrected chi connectivity index (χ3v) is 3.12. The molecule has 2 aromatic carbocycles. The lowest BCUT2D eigenvalue weighted by Gasteiger charge is -2.07. The van der Waals surface area contributed by atoms with Gasteiger partial charge in [-0.1, -0.05) is 42.5 Å². The van der Waals surface area contributed by atoms with E-state index in [1.807, 2.05) is 24.3 Å². The highest BCUT2D eigenvalue weighted by molar-refractivity contribution is 5.85. The van der Waals surface area contributed by atoms with Gasteiger partial charge in [-0.05, 0) is 22.8 Å². The summed E-state index contributed by atoms with van der Waals surface area (Å²) in [5.74, 6) is 0. The fourth-order valence-corrected chi connectivity index (χ4v) is 2.04. The molecule has 0 bridgehead atoms. The van der Waals surface area contributed by atoms with E-state index in [0.29, 0.717) is 12.2 Å². The van der Waals surface area contributed by atoms with E-state index in [4.69, 9.17) is 10.00 Å². The third kappa shape index (κ3) is 4.87. The van der Waals surface area contributed by atoms with Crippen molar-refractivity contribution in [3.63, 3.8) is 0 Å². The van der Waals surface area contributed by atoms with Crippen molar-refractivity contribution in [1.82, 2.24) is 5.32 Å². The van der Waals surface area contributed by atoms with Gasteiger partial charge in [0.2, 0.25) is 0 Å². The summed E-state index contributed by atoms with van der Waals surface area (Å²) in [7, 11) is 1.70. The number of methoxy groups -OCH3 is 1. The lowest BCUT2D eigenvalue weighted by molar-refractivity contribution is 0.199. The van der Waals surface area contributed by atoms with E-state index < -0.39 is 0 Å². The molecule has 0 saturated heterocycles. The molecule has 0 radical (unpaired) electrons. The molecule has 0 fully saturated rings. The van der Waals surface area contributed by atoms with Gasteiger partial charge in [0, 0.05) is 20.2 Å². The van der Waals surface area contributed by atoms with Gasteiger partial charge in [0.25, 0.3) is 0 Å². The molecule has 0 amide bonds. The van der Waals surface area contributed by atoms with Crippen LogP contribution in [0.4, 0.5) is 0 Å². The van der Waals surface area contributed by atoms with Gasteiger partial charge in [0.05, 0.1) is 18.2 Å². The van der Waals surface area contributed by atoms with Gasteiger partial charge in [0.15, 0.2) is 0 Å². The minimum absolute atomic E-state index is 0. The molecule has 0 saturated carbocycles. The average Bonchev–Trinajstić information content (AvgIpc) is 2.52. The Labute approximate surface area is 132 Å². The van der Waals surface area contributed by atoms with Crippen LogP contribution in [0.2, 0.25) is 0 Å². The molecule has 0 aromatic heterocycles. The van der Waals surface area contributed by atoms with Crippen LogP contribution in [-0.4, -0.2) is 20.3 Å². The summed E-state index contributed by atoms with van der Waals surface area (Å²) in [5.41, 5.74) is 3.98. The van der Waals surface area contributed by atoms with Crippen LogP contribution in [0.15, 0.2) is 48.5 Å². The number of ether oxygens (including phenoxy) is 1. The van der Waals surface area contributed by atoms with Crippen molar-refractivity contribution < 1.29 is 4.74 Å². The minimum Gasteiger partial charge on any atom is -0.383 e. The van der Waals surface area contributed by atoms with Gasteiger partial charge in [-0.15, -0.1) is 12.4 Å². The van der Waals surface area contributed by atoms with E-state index in [9.17, 15) is 0 Å². The standard InChI is InChI=1S/C17H18N2O.ClH/c1-20-11-10-19-13-14-6-8-15(9-7-14)17-5-3-2-4-16(17)12-18;/h2-9,19H,10-11,13H2,1H3;1H. The smallest absolute Gasteiger partial charge is 0.0998 e. The molecule has 0 aliphatic rings. The topological polar surface area (TPSA) is 45.0 Å². The van der Waals surface area contributed by atoms with Crippen molar-refractivity contribution in [3.8, 4) is 17.2 Å². The number of rotatable bonds is 6. The van der Waals surface area contributed by atoms with Crippen molar-refractivity contribution in [1.29, 1.82) is 5.26 Å². The Bertz CT molecular complexity index is 590. The molecule has 0 aliphatic carbocycles. The second kappa shape index (κ2) is 9.15. The van der Waals surface area contributed by atoms with Crippen molar-refractivity contribution in [2.75, 3.05) is 20.3 Å². The number of nitriles is 1. The Kier molecular flexibility index (Phi) is 7.49. The second-order valence-electron chi connectivity index (χ2n) is 4.52. The molecule has 110 valence electrons. The zero-order chi connectivity index (χ0) is 14.2. The quantitative estimate of drug-likeness (QED) is 0.832. The largest absolute Gasteiger partial charge is 0.383 e. The van der Waals surface area contributed by atoms with E-state index in [0.717, 1.165) is 24.2 Å². The first-order valence-corrected chi connectivity index (χ1v) is 6.63. The van der Waals surface area contributed by atoms with Crippen molar-refractivity contribution in [2.24, 2.45) is 0 Å². The van der Waals surface area contributed by atoms with Crippen LogP contribution < -0.4 is 5.32 Å². The SMILES string of the molecule is COCCNCc1ccc(-c2ccccc2C#N)cc1.Cl. The molecular weight excluding hydrogens is 284 g/mol. The van der Waals surface area contributed by atoms with E-state index in [-0.39, 0.29) is 12.4 Å². The van der Waals surface area contributed by atoms with Crippen LogP contribution in [0.1, 0.15) is 11.1 Å². The van der Waals surface area contributed by atoms with E-state index in [1.165, 1.54) is 5.56 Å². The maximum Gasteiger partial charge on any atom is 0.0998 e. The first-order valence-electron chi connectivity index (χ1n) is 6.63. The van der Waals surface area contributed by atoms with Crippen molar-refractivity contribution in [3.05, 3.63) is 59.7 Å². The number of benzene rings is 2. The molecule has 0 aliphatic heterocycles. The summed E-state index contributed by atoms with van der Waals surface area (Å²) >= 11 is 0. The highest BCUT2D eigenvalue weighted by Crippen LogP contribution is 2.23. The van der Waals surface area contributed by atoms with Crippen molar-refractivity contribution in [2.45, 2.75) is 6.54 Å². The summed E-state index contributed by atoms with van der Waals surface area (Å²) in [6.45, 7) is 2.38. The zero-order valence-electron chi connectivity index (χ0n) is 12.0. The maximum atomic E-state index is 9.13. The molecule has 0 atom stereocenters. The Morgan fingerprint density at radius 1 is 1.10 bits per heavy atom. The molecule has 0 heterocycles. The number of halogens is 1. The number of nitrogens with zero attached hydrogens (tertiary/aromatic N) is 1. The Morgan fingerprint density at radius 3 is 2.48 bits per heavy atom. The molecular formula is C17H19ClN2O. The summed E-state index contributed by atoms with van der Waals surface area (Å²) in [5, 5.41) is 12.4. The molecule has 0 unspecified atom stereocenters. The number of nitrogens with one attached hydrogen (secondary N) is 1. The van der Waals surface area contributed by atoms with Crippen molar-refractivity contribution >= 4 is 12.4 Å². The lowest BCUT2D eigenvalue weighted by Crippen LogP contribution is -2.18. The monoisotopic (exact) mass is 302 g/mol. The normalized spacial score (nSPS) is 9.71. The summed E-state index contributed by atoms with van der Waals surface area (Å²) in [6, 6.07) is 18.2. The highest BCUT2D eigenvalue weighted by atomic mass is 35.5. The summed E-state index contributed by atoms with van der Waals surface area (Å²) < 4.78 is 4.99. The van der Waals surface area contributed by atoms with Gasteiger partial charge >= 0.3 is 0 Å². The van der Waals surface area contributed by atoms with Gasteiger partial charge in [-0.3, -0.25) is 0 Å². The maximum absolute atomic E-state index is 9.13.